The summed E-state index contributed by atoms with van der Waals surface area (Å²) in [5.74, 6) is -0.737. The highest BCUT2D eigenvalue weighted by atomic mass is 32.2. The number of nitrogens with one attached hydrogen (secondary N) is 2. The van der Waals surface area contributed by atoms with Crippen LogP contribution in [-0.2, 0) is 9.59 Å². The summed E-state index contributed by atoms with van der Waals surface area (Å²) in [6.45, 7) is -0.442. The zero-order valence-corrected chi connectivity index (χ0v) is 13.6. The van der Waals surface area contributed by atoms with Crippen LogP contribution in [0.15, 0.2) is 36.2 Å². The van der Waals surface area contributed by atoms with E-state index >= 15 is 0 Å². The van der Waals surface area contributed by atoms with Gasteiger partial charge in [0.15, 0.2) is 4.87 Å². The molecule has 1 fully saturated rings. The van der Waals surface area contributed by atoms with Gasteiger partial charge in [-0.1, -0.05) is 18.2 Å². The molecular weight excluding hydrogens is 314 g/mol. The molecular formula is C16H17N3O3S. The van der Waals surface area contributed by atoms with Crippen LogP contribution in [0.5, 0.6) is 0 Å². The average molecular weight is 331 g/mol. The molecule has 7 heteroatoms. The van der Waals surface area contributed by atoms with Crippen LogP contribution in [0, 0.1) is 0 Å². The largest absolute Gasteiger partial charge is 0.392 e. The number of para-hydroxylation sites is 1. The molecule has 0 bridgehead atoms. The number of likely N-dealkylation sites (N-methyl/N-ethyl adjacent to an activating group) is 1. The van der Waals surface area contributed by atoms with Crippen molar-refractivity contribution < 1.29 is 14.7 Å². The molecule has 0 spiro atoms. The van der Waals surface area contributed by atoms with Crippen LogP contribution in [0.2, 0.25) is 0 Å². The molecule has 1 aromatic carbocycles. The number of H-pyrrole nitrogens is 1. The number of amides is 2. The van der Waals surface area contributed by atoms with Crippen molar-refractivity contribution >= 4 is 40.6 Å². The van der Waals surface area contributed by atoms with Crippen LogP contribution in [0.4, 0.5) is 0 Å². The first-order valence-corrected chi connectivity index (χ1v) is 8.29. The van der Waals surface area contributed by atoms with Gasteiger partial charge in [0.05, 0.1) is 6.61 Å². The molecule has 3 rings (SSSR count). The second-order valence-corrected chi connectivity index (χ2v) is 6.40. The fourth-order valence-corrected chi connectivity index (χ4v) is 3.43. The highest BCUT2D eigenvalue weighted by molar-refractivity contribution is 8.00. The Morgan fingerprint density at radius 3 is 2.78 bits per heavy atom. The monoisotopic (exact) mass is 331 g/mol. The molecule has 0 saturated carbocycles. The number of aromatic nitrogens is 1. The molecule has 2 heterocycles. The first-order chi connectivity index (χ1) is 11.0. The highest BCUT2D eigenvalue weighted by Gasteiger charge is 2.48. The van der Waals surface area contributed by atoms with E-state index in [2.05, 4.69) is 10.3 Å². The molecule has 1 aromatic heterocycles. The van der Waals surface area contributed by atoms with Gasteiger partial charge in [-0.05, 0) is 18.4 Å². The van der Waals surface area contributed by atoms with E-state index in [1.54, 1.807) is 18.5 Å². The van der Waals surface area contributed by atoms with Crippen molar-refractivity contribution in [3.05, 3.63) is 41.7 Å². The van der Waals surface area contributed by atoms with E-state index in [1.165, 1.54) is 11.9 Å². The number of aliphatic hydroxyl groups is 1. The van der Waals surface area contributed by atoms with Gasteiger partial charge in [-0.2, -0.15) is 0 Å². The van der Waals surface area contributed by atoms with Crippen molar-refractivity contribution in [2.75, 3.05) is 19.9 Å². The highest BCUT2D eigenvalue weighted by Crippen LogP contribution is 2.31. The molecule has 1 aliphatic heterocycles. The van der Waals surface area contributed by atoms with Gasteiger partial charge in [0.25, 0.3) is 11.8 Å². The Morgan fingerprint density at radius 2 is 2.09 bits per heavy atom. The van der Waals surface area contributed by atoms with E-state index < -0.39 is 17.4 Å². The lowest BCUT2D eigenvalue weighted by atomic mass is 10.1. The van der Waals surface area contributed by atoms with Gasteiger partial charge in [-0.3, -0.25) is 9.59 Å². The van der Waals surface area contributed by atoms with Crippen LogP contribution in [-0.4, -0.2) is 51.6 Å². The number of aromatic amines is 1. The van der Waals surface area contributed by atoms with Gasteiger partial charge in [-0.15, -0.1) is 11.8 Å². The van der Waals surface area contributed by atoms with Gasteiger partial charge >= 0.3 is 0 Å². The number of thioether (sulfide) groups is 1. The molecule has 2 aromatic rings. The molecule has 2 amide bonds. The van der Waals surface area contributed by atoms with Gasteiger partial charge in [0, 0.05) is 29.7 Å². The fraction of sp³-hybridized carbons (Fsp3) is 0.250. The number of hydrogen-bond acceptors (Lipinski definition) is 4. The Kier molecular flexibility index (Phi) is 3.91. The third kappa shape index (κ3) is 2.32. The summed E-state index contributed by atoms with van der Waals surface area (Å²) in [6.07, 6.45) is 5.13. The number of aliphatic hydroxyl groups excluding tert-OH is 1. The van der Waals surface area contributed by atoms with E-state index in [-0.39, 0.29) is 11.6 Å². The number of carbonyl (C=O) groups is 2. The molecule has 1 saturated heterocycles. The number of rotatable bonds is 3. The molecule has 6 nitrogen and oxygen atoms in total. The first-order valence-electron chi connectivity index (χ1n) is 7.07. The van der Waals surface area contributed by atoms with Crippen LogP contribution in [0.25, 0.3) is 17.0 Å². The fourth-order valence-electron chi connectivity index (χ4n) is 2.71. The van der Waals surface area contributed by atoms with Crippen molar-refractivity contribution in [3.63, 3.8) is 0 Å². The molecule has 0 aliphatic carbocycles. The topological polar surface area (TPSA) is 85.4 Å². The predicted octanol–water partition coefficient (Wildman–Crippen LogP) is 1.15. The summed E-state index contributed by atoms with van der Waals surface area (Å²) in [5, 5.41) is 13.2. The molecule has 0 radical (unpaired) electrons. The second kappa shape index (κ2) is 5.75. The normalized spacial score (nSPS) is 23.6. The van der Waals surface area contributed by atoms with Gasteiger partial charge in [0.1, 0.15) is 5.70 Å². The Hall–Kier alpha value is -2.25. The standard InChI is InChI=1S/C16H17N3O3S/c1-19-14(21)13(18-15(22)16(19,9-20)23-2)7-10-8-17-12-6-4-3-5-11(10)12/h3-8,17,20H,9H2,1-2H3,(H,18,22)/b13-7-/t16-/m0/s1. The quantitative estimate of drug-likeness (QED) is 0.737. The van der Waals surface area contributed by atoms with Crippen molar-refractivity contribution in [1.82, 2.24) is 15.2 Å². The molecule has 23 heavy (non-hydrogen) atoms. The van der Waals surface area contributed by atoms with E-state index in [9.17, 15) is 14.7 Å². The zero-order valence-electron chi connectivity index (χ0n) is 12.8. The van der Waals surface area contributed by atoms with Crippen molar-refractivity contribution in [2.45, 2.75) is 4.87 Å². The third-order valence-electron chi connectivity index (χ3n) is 4.15. The first kappa shape index (κ1) is 15.6. The number of benzene rings is 1. The summed E-state index contributed by atoms with van der Waals surface area (Å²) >= 11 is 1.14. The minimum Gasteiger partial charge on any atom is -0.392 e. The molecule has 1 aliphatic rings. The maximum Gasteiger partial charge on any atom is 0.271 e. The van der Waals surface area contributed by atoms with E-state index in [0.717, 1.165) is 28.2 Å². The smallest absolute Gasteiger partial charge is 0.271 e. The lowest BCUT2D eigenvalue weighted by Crippen LogP contribution is -2.64. The maximum absolute atomic E-state index is 12.6. The van der Waals surface area contributed by atoms with E-state index in [0.29, 0.717) is 0 Å². The van der Waals surface area contributed by atoms with Gasteiger partial charge in [-0.25, -0.2) is 0 Å². The SMILES string of the molecule is CS[C@@]1(CO)C(=O)N/C(=C\c2c[nH]c3ccccc23)C(=O)N1C. The molecule has 0 unspecified atom stereocenters. The number of carbonyl (C=O) groups excluding carboxylic acids is 2. The number of nitrogens with zero attached hydrogens (tertiary/aromatic N) is 1. The molecule has 3 N–H and O–H groups in total. The molecule has 1 atom stereocenters. The number of piperazine rings is 1. The minimum atomic E-state index is -1.28. The second-order valence-electron chi connectivity index (χ2n) is 5.31. The van der Waals surface area contributed by atoms with Crippen LogP contribution >= 0.6 is 11.8 Å². The summed E-state index contributed by atoms with van der Waals surface area (Å²) in [5.41, 5.74) is 1.97. The maximum atomic E-state index is 12.6. The van der Waals surface area contributed by atoms with Crippen molar-refractivity contribution in [1.29, 1.82) is 0 Å². The Labute approximate surface area is 137 Å². The summed E-state index contributed by atoms with van der Waals surface area (Å²) in [6, 6.07) is 7.72. The average Bonchev–Trinajstić information content (AvgIpc) is 2.97. The van der Waals surface area contributed by atoms with Crippen LogP contribution in [0.1, 0.15) is 5.56 Å². The number of fused-ring (bicyclic) bond motifs is 1. The Bertz CT molecular complexity index is 808. The number of hydrogen-bond donors (Lipinski definition) is 3. The lowest BCUT2D eigenvalue weighted by molar-refractivity contribution is -0.144. The van der Waals surface area contributed by atoms with Crippen LogP contribution in [0.3, 0.4) is 0 Å². The minimum absolute atomic E-state index is 0.195. The van der Waals surface area contributed by atoms with Crippen molar-refractivity contribution in [3.8, 4) is 0 Å². The van der Waals surface area contributed by atoms with Gasteiger partial charge in [0.2, 0.25) is 0 Å². The van der Waals surface area contributed by atoms with Crippen molar-refractivity contribution in [2.24, 2.45) is 0 Å². The molecule has 120 valence electrons. The Morgan fingerprint density at radius 1 is 1.35 bits per heavy atom. The van der Waals surface area contributed by atoms with Gasteiger partial charge < -0.3 is 20.3 Å². The zero-order chi connectivity index (χ0) is 16.6. The predicted molar refractivity (Wildman–Crippen MR) is 90.5 cm³/mol. The Balaban J connectivity index is 2.02. The van der Waals surface area contributed by atoms with Crippen LogP contribution < -0.4 is 5.32 Å². The van der Waals surface area contributed by atoms with E-state index in [4.69, 9.17) is 0 Å². The summed E-state index contributed by atoms with van der Waals surface area (Å²) in [7, 11) is 1.52. The van der Waals surface area contributed by atoms with E-state index in [1.807, 2.05) is 24.3 Å². The third-order valence-corrected chi connectivity index (χ3v) is 5.42. The lowest BCUT2D eigenvalue weighted by Gasteiger charge is -2.41. The summed E-state index contributed by atoms with van der Waals surface area (Å²) in [4.78, 5) is 28.1. The summed E-state index contributed by atoms with van der Waals surface area (Å²) < 4.78 is 0.